The predicted molar refractivity (Wildman–Crippen MR) is 110 cm³/mol. The first-order chi connectivity index (χ1) is 13.6. The molecule has 3 rings (SSSR count). The molecule has 0 unspecified atom stereocenters. The number of amides is 1. The van der Waals surface area contributed by atoms with Crippen LogP contribution in [-0.4, -0.2) is 46.9 Å². The summed E-state index contributed by atoms with van der Waals surface area (Å²) >= 11 is 1.54. The summed E-state index contributed by atoms with van der Waals surface area (Å²) in [6.07, 6.45) is 1.65. The topological polar surface area (TPSA) is 85.0 Å². The van der Waals surface area contributed by atoms with Crippen molar-refractivity contribution in [1.29, 1.82) is 0 Å². The summed E-state index contributed by atoms with van der Waals surface area (Å²) in [7, 11) is 1.36. The molecule has 1 saturated heterocycles. The summed E-state index contributed by atoms with van der Waals surface area (Å²) in [6, 6.07) is 14.3. The Morgan fingerprint density at radius 3 is 2.79 bits per heavy atom. The van der Waals surface area contributed by atoms with Gasteiger partial charge in [0.2, 0.25) is 0 Å². The van der Waals surface area contributed by atoms with E-state index >= 15 is 0 Å². The molecule has 1 heterocycles. The Balaban J connectivity index is 1.77. The lowest BCUT2D eigenvalue weighted by molar-refractivity contribution is -0.385. The monoisotopic (exact) mass is 399 g/mol. The van der Waals surface area contributed by atoms with Gasteiger partial charge in [-0.2, -0.15) is 0 Å². The molecule has 28 heavy (non-hydrogen) atoms. The predicted octanol–water partition coefficient (Wildman–Crippen LogP) is 3.78. The third-order valence-electron chi connectivity index (χ3n) is 4.35. The summed E-state index contributed by atoms with van der Waals surface area (Å²) in [5, 5.41) is 11.9. The van der Waals surface area contributed by atoms with Crippen LogP contribution >= 0.6 is 11.8 Å². The van der Waals surface area contributed by atoms with Crippen molar-refractivity contribution in [1.82, 2.24) is 4.90 Å². The van der Waals surface area contributed by atoms with E-state index < -0.39 is 4.92 Å². The molecule has 2 aromatic carbocycles. The fourth-order valence-corrected chi connectivity index (χ4v) is 3.89. The Labute approximate surface area is 167 Å². The summed E-state index contributed by atoms with van der Waals surface area (Å²) in [5.74, 6) is 0.749. The fourth-order valence-electron chi connectivity index (χ4n) is 2.93. The standard InChI is InChI=1S/C20H21N3O4S/c1-27-18-9-8-16(14-17(18)23(25)26)19(24)22-12-5-13-28-20(22)21-11-10-15-6-3-2-4-7-15/h2-4,6-9,14H,5,10-13H2,1H3. The largest absolute Gasteiger partial charge is 0.490 e. The number of hydrogen-bond acceptors (Lipinski definition) is 6. The van der Waals surface area contributed by atoms with Crippen LogP contribution in [-0.2, 0) is 6.42 Å². The van der Waals surface area contributed by atoms with Crippen LogP contribution in [0.5, 0.6) is 5.75 Å². The Morgan fingerprint density at radius 2 is 2.07 bits per heavy atom. The molecule has 1 amide bonds. The van der Waals surface area contributed by atoms with Crippen LogP contribution in [0.1, 0.15) is 22.3 Å². The number of rotatable bonds is 6. The number of carbonyl (C=O) groups excluding carboxylic acids is 1. The summed E-state index contributed by atoms with van der Waals surface area (Å²) in [6.45, 7) is 1.13. The van der Waals surface area contributed by atoms with Crippen molar-refractivity contribution in [3.05, 3.63) is 69.8 Å². The number of ether oxygens (including phenoxy) is 1. The molecule has 1 fully saturated rings. The van der Waals surface area contributed by atoms with Gasteiger partial charge in [0.05, 0.1) is 12.0 Å². The van der Waals surface area contributed by atoms with Crippen molar-refractivity contribution < 1.29 is 14.5 Å². The van der Waals surface area contributed by atoms with Gasteiger partial charge in [-0.1, -0.05) is 42.1 Å². The van der Waals surface area contributed by atoms with Crippen LogP contribution in [0.4, 0.5) is 5.69 Å². The Morgan fingerprint density at radius 1 is 1.29 bits per heavy atom. The van der Waals surface area contributed by atoms with Gasteiger partial charge in [-0.25, -0.2) is 0 Å². The average Bonchev–Trinajstić information content (AvgIpc) is 2.74. The lowest BCUT2D eigenvalue weighted by Crippen LogP contribution is -2.39. The smallest absolute Gasteiger partial charge is 0.311 e. The van der Waals surface area contributed by atoms with Gasteiger partial charge >= 0.3 is 5.69 Å². The molecular formula is C20H21N3O4S. The molecule has 0 radical (unpaired) electrons. The second-order valence-corrected chi connectivity index (χ2v) is 7.26. The highest BCUT2D eigenvalue weighted by molar-refractivity contribution is 8.13. The van der Waals surface area contributed by atoms with E-state index in [9.17, 15) is 14.9 Å². The maximum absolute atomic E-state index is 13.0. The van der Waals surface area contributed by atoms with E-state index in [0.717, 1.165) is 18.6 Å². The van der Waals surface area contributed by atoms with Gasteiger partial charge in [-0.3, -0.25) is 24.8 Å². The van der Waals surface area contributed by atoms with Gasteiger partial charge in [0.1, 0.15) is 0 Å². The van der Waals surface area contributed by atoms with Crippen LogP contribution in [0.15, 0.2) is 53.5 Å². The third kappa shape index (κ3) is 4.69. The molecule has 0 aromatic heterocycles. The van der Waals surface area contributed by atoms with Crippen LogP contribution in [0.2, 0.25) is 0 Å². The minimum absolute atomic E-state index is 0.131. The molecule has 8 heteroatoms. The van der Waals surface area contributed by atoms with Gasteiger partial charge in [0.15, 0.2) is 10.9 Å². The zero-order valence-corrected chi connectivity index (χ0v) is 16.4. The van der Waals surface area contributed by atoms with Gasteiger partial charge < -0.3 is 4.74 Å². The first-order valence-corrected chi connectivity index (χ1v) is 9.94. The van der Waals surface area contributed by atoms with E-state index in [1.165, 1.54) is 24.8 Å². The van der Waals surface area contributed by atoms with Gasteiger partial charge in [0.25, 0.3) is 5.91 Å². The van der Waals surface area contributed by atoms with Gasteiger partial charge in [-0.15, -0.1) is 0 Å². The van der Waals surface area contributed by atoms with E-state index in [4.69, 9.17) is 4.74 Å². The average molecular weight is 399 g/mol. The second kappa shape index (κ2) is 9.36. The number of aliphatic imine (C=N–C) groups is 1. The van der Waals surface area contributed by atoms with E-state index in [0.29, 0.717) is 18.3 Å². The third-order valence-corrected chi connectivity index (χ3v) is 5.45. The molecule has 0 saturated carbocycles. The molecular weight excluding hydrogens is 378 g/mol. The Kier molecular flexibility index (Phi) is 6.65. The van der Waals surface area contributed by atoms with Crippen LogP contribution < -0.4 is 4.74 Å². The number of hydrogen-bond donors (Lipinski definition) is 0. The number of nitrogens with zero attached hydrogens (tertiary/aromatic N) is 3. The Bertz CT molecular complexity index is 886. The first-order valence-electron chi connectivity index (χ1n) is 8.95. The molecule has 146 valence electrons. The highest BCUT2D eigenvalue weighted by atomic mass is 32.2. The lowest BCUT2D eigenvalue weighted by atomic mass is 10.1. The van der Waals surface area contributed by atoms with Crippen molar-refractivity contribution in [3.63, 3.8) is 0 Å². The normalized spacial score (nSPS) is 15.5. The molecule has 1 aliphatic heterocycles. The highest BCUT2D eigenvalue weighted by Crippen LogP contribution is 2.29. The molecule has 0 bridgehead atoms. The first kappa shape index (κ1) is 19.9. The van der Waals surface area contributed by atoms with Crippen LogP contribution in [0.25, 0.3) is 0 Å². The summed E-state index contributed by atoms with van der Waals surface area (Å²) < 4.78 is 5.01. The summed E-state index contributed by atoms with van der Waals surface area (Å²) in [4.78, 5) is 29.9. The molecule has 0 aliphatic carbocycles. The maximum atomic E-state index is 13.0. The number of thioether (sulfide) groups is 1. The minimum atomic E-state index is -0.546. The van der Waals surface area contributed by atoms with E-state index in [-0.39, 0.29) is 22.9 Å². The molecule has 0 atom stereocenters. The summed E-state index contributed by atoms with van der Waals surface area (Å²) in [5.41, 5.74) is 1.22. The highest BCUT2D eigenvalue weighted by Gasteiger charge is 2.27. The number of nitro groups is 1. The minimum Gasteiger partial charge on any atom is -0.490 e. The zero-order chi connectivity index (χ0) is 19.9. The molecule has 0 N–H and O–H groups in total. The molecule has 1 aliphatic rings. The number of nitro benzene ring substituents is 1. The van der Waals surface area contributed by atoms with Crippen molar-refractivity contribution in [2.45, 2.75) is 12.8 Å². The van der Waals surface area contributed by atoms with Crippen molar-refractivity contribution in [3.8, 4) is 5.75 Å². The second-order valence-electron chi connectivity index (χ2n) is 6.20. The van der Waals surface area contributed by atoms with Crippen molar-refractivity contribution in [2.75, 3.05) is 26.0 Å². The van der Waals surface area contributed by atoms with Crippen molar-refractivity contribution >= 4 is 28.5 Å². The SMILES string of the molecule is COc1ccc(C(=O)N2CCCSC2=NCCc2ccccc2)cc1[N+](=O)[O-]. The maximum Gasteiger partial charge on any atom is 0.311 e. The lowest BCUT2D eigenvalue weighted by Gasteiger charge is -2.28. The Hall–Kier alpha value is -2.87. The number of benzene rings is 2. The number of amidine groups is 1. The van der Waals surface area contributed by atoms with E-state index in [1.54, 1.807) is 22.7 Å². The molecule has 0 spiro atoms. The van der Waals surface area contributed by atoms with Crippen LogP contribution in [0, 0.1) is 10.1 Å². The number of methoxy groups -OCH3 is 1. The van der Waals surface area contributed by atoms with Gasteiger partial charge in [0, 0.05) is 30.5 Å². The van der Waals surface area contributed by atoms with Gasteiger partial charge in [-0.05, 0) is 30.5 Å². The van der Waals surface area contributed by atoms with E-state index in [1.807, 2.05) is 30.3 Å². The quantitative estimate of drug-likeness (QED) is 0.545. The number of carbonyl (C=O) groups is 1. The zero-order valence-electron chi connectivity index (χ0n) is 15.5. The van der Waals surface area contributed by atoms with Crippen molar-refractivity contribution in [2.24, 2.45) is 4.99 Å². The molecule has 2 aromatic rings. The van der Waals surface area contributed by atoms with Crippen LogP contribution in [0.3, 0.4) is 0 Å². The van der Waals surface area contributed by atoms with E-state index in [2.05, 4.69) is 4.99 Å². The molecule has 7 nitrogen and oxygen atoms in total. The fraction of sp³-hybridized carbons (Fsp3) is 0.300.